The van der Waals surface area contributed by atoms with Gasteiger partial charge in [0.15, 0.2) is 0 Å². The van der Waals surface area contributed by atoms with Crippen molar-refractivity contribution in [2.24, 2.45) is 0 Å². The minimum Gasteiger partial charge on any atom is -0.481 e. The van der Waals surface area contributed by atoms with Crippen molar-refractivity contribution < 1.29 is 27.0 Å². The van der Waals surface area contributed by atoms with E-state index in [1.54, 1.807) is 0 Å². The van der Waals surface area contributed by atoms with E-state index in [1.165, 1.54) is 0 Å². The molecule has 0 aromatic heterocycles. The van der Waals surface area contributed by atoms with Crippen LogP contribution < -0.4 is 0 Å². The average Bonchev–Trinajstić information content (AvgIpc) is 2.83. The Hall–Kier alpha value is -1.31. The van der Waals surface area contributed by atoms with Crippen LogP contribution in [0.5, 0.6) is 0 Å². The number of rotatable bonds is 0. The summed E-state index contributed by atoms with van der Waals surface area (Å²) < 4.78 is 0. The van der Waals surface area contributed by atoms with Crippen LogP contribution in [-0.2, 0) is 21.9 Å². The Morgan fingerprint density at radius 1 is 0.933 bits per heavy atom. The summed E-state index contributed by atoms with van der Waals surface area (Å²) in [6, 6.07) is 20.0. The second-order valence-electron chi connectivity index (χ2n) is 2.44. The molecular weight excluding hydrogens is 232 g/mol. The number of carboxylic acids is 1. The molecule has 2 aromatic rings. The molecule has 0 amide bonds. The monoisotopic (exact) mass is 246 g/mol. The standard InChI is InChI=1S/2C5H5.C2H4O2.Fe/c2*1-2-4-5-3-1;1-2(3)4;/h2*1-5H;1H3,(H,3,4);/q2*-1;;+2. The third-order valence-corrected chi connectivity index (χ3v) is 1.11. The SMILES string of the molecule is CC(=O)O.[Fe+2].c1cc[cH-]c1.c1cc[cH-]c1. The number of hydrogen-bond acceptors (Lipinski definition) is 1. The second kappa shape index (κ2) is 12.7. The Morgan fingerprint density at radius 2 is 1.13 bits per heavy atom. The average molecular weight is 246 g/mol. The van der Waals surface area contributed by atoms with Crippen LogP contribution >= 0.6 is 0 Å². The molecule has 0 atom stereocenters. The zero-order valence-corrected chi connectivity index (χ0v) is 9.59. The summed E-state index contributed by atoms with van der Waals surface area (Å²) in [5, 5.41) is 7.42. The minimum absolute atomic E-state index is 0. The first kappa shape index (κ1) is 16.1. The Morgan fingerprint density at radius 3 is 1.20 bits per heavy atom. The van der Waals surface area contributed by atoms with Gasteiger partial charge in [-0.2, -0.15) is 36.4 Å². The van der Waals surface area contributed by atoms with E-state index < -0.39 is 5.97 Å². The summed E-state index contributed by atoms with van der Waals surface area (Å²) in [6.45, 7) is 1.08. The number of carboxylic acid groups (broad SMARTS) is 1. The van der Waals surface area contributed by atoms with Gasteiger partial charge in [-0.15, -0.1) is 0 Å². The van der Waals surface area contributed by atoms with E-state index in [2.05, 4.69) is 0 Å². The van der Waals surface area contributed by atoms with Gasteiger partial charge in [0.1, 0.15) is 0 Å². The van der Waals surface area contributed by atoms with Gasteiger partial charge in [0, 0.05) is 6.92 Å². The van der Waals surface area contributed by atoms with Crippen molar-refractivity contribution in [3.8, 4) is 0 Å². The molecule has 0 heterocycles. The maximum Gasteiger partial charge on any atom is 2.00 e. The fourth-order valence-corrected chi connectivity index (χ4v) is 0.642. The van der Waals surface area contributed by atoms with Gasteiger partial charge in [-0.25, -0.2) is 24.3 Å². The van der Waals surface area contributed by atoms with E-state index in [-0.39, 0.29) is 17.1 Å². The summed E-state index contributed by atoms with van der Waals surface area (Å²) >= 11 is 0. The third-order valence-electron chi connectivity index (χ3n) is 1.11. The summed E-state index contributed by atoms with van der Waals surface area (Å²) in [4.78, 5) is 9.00. The van der Waals surface area contributed by atoms with Crippen LogP contribution in [0.25, 0.3) is 0 Å². The molecule has 0 spiro atoms. The molecule has 0 fully saturated rings. The predicted molar refractivity (Wildman–Crippen MR) is 57.4 cm³/mol. The molecule has 1 N–H and O–H groups in total. The largest absolute Gasteiger partial charge is 2.00 e. The summed E-state index contributed by atoms with van der Waals surface area (Å²) in [6.07, 6.45) is 0. The molecule has 82 valence electrons. The van der Waals surface area contributed by atoms with E-state index in [0.717, 1.165) is 6.92 Å². The van der Waals surface area contributed by atoms with Gasteiger partial charge < -0.3 is 5.11 Å². The summed E-state index contributed by atoms with van der Waals surface area (Å²) in [5.74, 6) is -0.833. The van der Waals surface area contributed by atoms with Gasteiger partial charge in [0.2, 0.25) is 0 Å². The molecular formula is C12H14FeO2. The topological polar surface area (TPSA) is 37.3 Å². The molecule has 3 heteroatoms. The van der Waals surface area contributed by atoms with Crippen LogP contribution in [0.3, 0.4) is 0 Å². The Balaban J connectivity index is 0. The molecule has 0 aliphatic carbocycles. The van der Waals surface area contributed by atoms with Gasteiger partial charge in [0.25, 0.3) is 5.97 Å². The third kappa shape index (κ3) is 19.2. The van der Waals surface area contributed by atoms with Crippen molar-refractivity contribution in [1.29, 1.82) is 0 Å². The molecule has 0 aliphatic rings. The zero-order chi connectivity index (χ0) is 10.6. The number of carbonyl (C=O) groups is 1. The number of aliphatic carboxylic acids is 1. The van der Waals surface area contributed by atoms with E-state index in [1.807, 2.05) is 60.7 Å². The fourth-order valence-electron chi connectivity index (χ4n) is 0.642. The molecule has 2 aromatic carbocycles. The maximum atomic E-state index is 9.00. The first-order chi connectivity index (χ1) is 6.73. The van der Waals surface area contributed by atoms with E-state index >= 15 is 0 Å². The van der Waals surface area contributed by atoms with Crippen molar-refractivity contribution in [3.05, 3.63) is 60.7 Å². The first-order valence-electron chi connectivity index (χ1n) is 4.26. The number of hydrogen-bond donors (Lipinski definition) is 1. The minimum atomic E-state index is -0.833. The molecule has 0 aliphatic heterocycles. The van der Waals surface area contributed by atoms with Gasteiger partial charge in [-0.1, -0.05) is 0 Å². The fraction of sp³-hybridized carbons (Fsp3) is 0.0833. The maximum absolute atomic E-state index is 9.00. The van der Waals surface area contributed by atoms with Crippen LogP contribution in [0.1, 0.15) is 6.92 Å². The van der Waals surface area contributed by atoms with Crippen molar-refractivity contribution in [2.75, 3.05) is 0 Å². The van der Waals surface area contributed by atoms with Crippen LogP contribution in [0.2, 0.25) is 0 Å². The van der Waals surface area contributed by atoms with Gasteiger partial charge in [-0.3, -0.25) is 4.79 Å². The quantitative estimate of drug-likeness (QED) is 0.573. The van der Waals surface area contributed by atoms with Crippen molar-refractivity contribution >= 4 is 5.97 Å². The Kier molecular flexibility index (Phi) is 13.6. The smallest absolute Gasteiger partial charge is 0.481 e. The normalized spacial score (nSPS) is 7.00. The van der Waals surface area contributed by atoms with Crippen molar-refractivity contribution in [2.45, 2.75) is 6.92 Å². The zero-order valence-electron chi connectivity index (χ0n) is 8.48. The molecule has 0 saturated heterocycles. The summed E-state index contributed by atoms with van der Waals surface area (Å²) in [7, 11) is 0. The first-order valence-corrected chi connectivity index (χ1v) is 4.26. The molecule has 2 nitrogen and oxygen atoms in total. The van der Waals surface area contributed by atoms with E-state index in [0.29, 0.717) is 0 Å². The van der Waals surface area contributed by atoms with Crippen LogP contribution in [0.15, 0.2) is 60.7 Å². The molecule has 0 unspecified atom stereocenters. The molecule has 0 bridgehead atoms. The van der Waals surface area contributed by atoms with Gasteiger partial charge in [0.05, 0.1) is 0 Å². The van der Waals surface area contributed by atoms with Crippen LogP contribution in [0, 0.1) is 0 Å². The summed E-state index contributed by atoms with van der Waals surface area (Å²) in [5.41, 5.74) is 0. The van der Waals surface area contributed by atoms with E-state index in [9.17, 15) is 0 Å². The van der Waals surface area contributed by atoms with E-state index in [4.69, 9.17) is 9.90 Å². The van der Waals surface area contributed by atoms with Gasteiger partial charge in [-0.05, 0) is 0 Å². The Bertz CT molecular complexity index is 221. The predicted octanol–water partition coefficient (Wildman–Crippen LogP) is 2.90. The molecule has 2 rings (SSSR count). The Labute approximate surface area is 101 Å². The van der Waals surface area contributed by atoms with Crippen molar-refractivity contribution in [1.82, 2.24) is 0 Å². The molecule has 0 radical (unpaired) electrons. The van der Waals surface area contributed by atoms with Crippen LogP contribution in [-0.4, -0.2) is 11.1 Å². The van der Waals surface area contributed by atoms with Crippen LogP contribution in [0.4, 0.5) is 0 Å². The van der Waals surface area contributed by atoms with Gasteiger partial charge >= 0.3 is 17.1 Å². The molecule has 0 saturated carbocycles. The van der Waals surface area contributed by atoms with Crippen molar-refractivity contribution in [3.63, 3.8) is 0 Å². The second-order valence-corrected chi connectivity index (χ2v) is 2.44. The molecule has 15 heavy (non-hydrogen) atoms.